The molecule has 1 fully saturated rings. The van der Waals surface area contributed by atoms with Crippen molar-refractivity contribution in [3.05, 3.63) is 23.0 Å². The predicted molar refractivity (Wildman–Crippen MR) is 65.2 cm³/mol. The van der Waals surface area contributed by atoms with Gasteiger partial charge in [0.05, 0.1) is 6.54 Å². The minimum absolute atomic E-state index is 0.0108. The molecular formula is C11H13ClN4O2. The Kier molecular flexibility index (Phi) is 4.09. The molecule has 2 rings (SSSR count). The van der Waals surface area contributed by atoms with E-state index in [0.29, 0.717) is 0 Å². The molecule has 0 spiro atoms. The molecule has 1 aliphatic heterocycles. The average Bonchev–Trinajstić information content (AvgIpc) is 2.90. The van der Waals surface area contributed by atoms with Gasteiger partial charge in [0.1, 0.15) is 0 Å². The number of nitrogens with zero attached hydrogens (tertiary/aromatic N) is 3. The summed E-state index contributed by atoms with van der Waals surface area (Å²) in [7, 11) is 0. The topological polar surface area (TPSA) is 75.2 Å². The van der Waals surface area contributed by atoms with Crippen molar-refractivity contribution in [3.63, 3.8) is 0 Å². The van der Waals surface area contributed by atoms with Crippen LogP contribution >= 0.6 is 11.6 Å². The summed E-state index contributed by atoms with van der Waals surface area (Å²) in [5.41, 5.74) is 0.147. The number of carbonyl (C=O) groups is 2. The Morgan fingerprint density at radius 3 is 2.61 bits per heavy atom. The summed E-state index contributed by atoms with van der Waals surface area (Å²) in [5, 5.41) is 9.94. The Labute approximate surface area is 109 Å². The molecule has 1 aromatic rings. The van der Waals surface area contributed by atoms with E-state index < -0.39 is 5.91 Å². The van der Waals surface area contributed by atoms with Crippen molar-refractivity contribution in [2.24, 2.45) is 0 Å². The first-order valence-electron chi connectivity index (χ1n) is 5.72. The molecule has 0 aromatic carbocycles. The zero-order valence-electron chi connectivity index (χ0n) is 9.73. The van der Waals surface area contributed by atoms with Crippen molar-refractivity contribution in [3.8, 4) is 0 Å². The van der Waals surface area contributed by atoms with Gasteiger partial charge in [-0.1, -0.05) is 11.6 Å². The molecule has 0 saturated carbocycles. The van der Waals surface area contributed by atoms with Gasteiger partial charge >= 0.3 is 0 Å². The highest BCUT2D eigenvalue weighted by atomic mass is 35.5. The number of aromatic nitrogens is 2. The second-order valence-electron chi connectivity index (χ2n) is 4.01. The van der Waals surface area contributed by atoms with Crippen molar-refractivity contribution >= 4 is 23.4 Å². The third-order valence-corrected chi connectivity index (χ3v) is 2.93. The predicted octanol–water partition coefficient (Wildman–Crippen LogP) is 0.482. The van der Waals surface area contributed by atoms with Crippen LogP contribution in [0.25, 0.3) is 0 Å². The van der Waals surface area contributed by atoms with E-state index in [4.69, 9.17) is 11.6 Å². The van der Waals surface area contributed by atoms with E-state index in [1.54, 1.807) is 4.90 Å². The van der Waals surface area contributed by atoms with Gasteiger partial charge in [-0.25, -0.2) is 0 Å². The van der Waals surface area contributed by atoms with E-state index in [-0.39, 0.29) is 23.3 Å². The Balaban J connectivity index is 1.84. The second kappa shape index (κ2) is 5.77. The Morgan fingerprint density at radius 1 is 1.28 bits per heavy atom. The molecule has 2 heterocycles. The SMILES string of the molecule is O=C(NCC(=O)N1CCCC1)c1ccc(Cl)nn1. The normalized spacial score (nSPS) is 14.6. The molecule has 6 nitrogen and oxygen atoms in total. The van der Waals surface area contributed by atoms with E-state index in [9.17, 15) is 9.59 Å². The number of likely N-dealkylation sites (tertiary alicyclic amines) is 1. The van der Waals surface area contributed by atoms with Crippen molar-refractivity contribution in [2.45, 2.75) is 12.8 Å². The second-order valence-corrected chi connectivity index (χ2v) is 4.40. The zero-order chi connectivity index (χ0) is 13.0. The minimum atomic E-state index is -0.424. The van der Waals surface area contributed by atoms with E-state index in [1.165, 1.54) is 12.1 Å². The van der Waals surface area contributed by atoms with Crippen LogP contribution < -0.4 is 5.32 Å². The molecule has 1 aliphatic rings. The number of rotatable bonds is 3. The first-order valence-corrected chi connectivity index (χ1v) is 6.10. The van der Waals surface area contributed by atoms with E-state index in [0.717, 1.165) is 25.9 Å². The maximum Gasteiger partial charge on any atom is 0.272 e. The van der Waals surface area contributed by atoms with Crippen LogP contribution in [0, 0.1) is 0 Å². The highest BCUT2D eigenvalue weighted by Gasteiger charge is 2.18. The monoisotopic (exact) mass is 268 g/mol. The molecule has 96 valence electrons. The number of amides is 2. The van der Waals surface area contributed by atoms with Crippen LogP contribution in [0.2, 0.25) is 5.15 Å². The fraction of sp³-hybridized carbons (Fsp3) is 0.455. The maximum atomic E-state index is 11.7. The quantitative estimate of drug-likeness (QED) is 0.865. The third-order valence-electron chi connectivity index (χ3n) is 2.72. The smallest absolute Gasteiger partial charge is 0.272 e. The van der Waals surface area contributed by atoms with Gasteiger partial charge in [-0.15, -0.1) is 10.2 Å². The van der Waals surface area contributed by atoms with Crippen molar-refractivity contribution in [1.82, 2.24) is 20.4 Å². The van der Waals surface area contributed by atoms with Crippen LogP contribution in [-0.2, 0) is 4.79 Å². The molecule has 2 amide bonds. The summed E-state index contributed by atoms with van der Waals surface area (Å²) in [5.74, 6) is -0.491. The Morgan fingerprint density at radius 2 is 2.00 bits per heavy atom. The van der Waals surface area contributed by atoms with Gasteiger partial charge in [-0.05, 0) is 25.0 Å². The van der Waals surface area contributed by atoms with Crippen LogP contribution in [0.1, 0.15) is 23.3 Å². The lowest BCUT2D eigenvalue weighted by Crippen LogP contribution is -2.38. The molecule has 0 atom stereocenters. The zero-order valence-corrected chi connectivity index (χ0v) is 10.5. The fourth-order valence-corrected chi connectivity index (χ4v) is 1.86. The van der Waals surface area contributed by atoms with Gasteiger partial charge in [0.25, 0.3) is 5.91 Å². The largest absolute Gasteiger partial charge is 0.342 e. The third kappa shape index (κ3) is 3.16. The van der Waals surface area contributed by atoms with E-state index in [2.05, 4.69) is 15.5 Å². The highest BCUT2D eigenvalue weighted by molar-refractivity contribution is 6.29. The summed E-state index contributed by atoms with van der Waals surface area (Å²) in [6.45, 7) is 1.54. The van der Waals surface area contributed by atoms with Crippen LogP contribution in [0.4, 0.5) is 0 Å². The lowest BCUT2D eigenvalue weighted by Gasteiger charge is -2.15. The molecule has 0 unspecified atom stereocenters. The Bertz CT molecular complexity index is 443. The van der Waals surface area contributed by atoms with Crippen LogP contribution in [0.15, 0.2) is 12.1 Å². The maximum absolute atomic E-state index is 11.7. The van der Waals surface area contributed by atoms with Gasteiger partial charge in [-0.2, -0.15) is 0 Å². The standard InChI is InChI=1S/C11H13ClN4O2/c12-9-4-3-8(14-15-9)11(18)13-7-10(17)16-5-1-2-6-16/h3-4H,1-2,5-7H2,(H,13,18). The van der Waals surface area contributed by atoms with Crippen molar-refractivity contribution < 1.29 is 9.59 Å². The molecule has 0 radical (unpaired) electrons. The first kappa shape index (κ1) is 12.8. The van der Waals surface area contributed by atoms with Gasteiger partial charge in [0.15, 0.2) is 10.8 Å². The van der Waals surface area contributed by atoms with Gasteiger partial charge in [0, 0.05) is 13.1 Å². The summed E-state index contributed by atoms with van der Waals surface area (Å²) in [4.78, 5) is 25.1. The number of carbonyl (C=O) groups excluding carboxylic acids is 2. The molecular weight excluding hydrogens is 256 g/mol. The first-order chi connectivity index (χ1) is 8.66. The summed E-state index contributed by atoms with van der Waals surface area (Å²) < 4.78 is 0. The van der Waals surface area contributed by atoms with Crippen molar-refractivity contribution in [2.75, 3.05) is 19.6 Å². The Hall–Kier alpha value is -1.69. The lowest BCUT2D eigenvalue weighted by molar-refractivity contribution is -0.129. The van der Waals surface area contributed by atoms with Gasteiger partial charge in [0.2, 0.25) is 5.91 Å². The van der Waals surface area contributed by atoms with Crippen molar-refractivity contribution in [1.29, 1.82) is 0 Å². The molecule has 18 heavy (non-hydrogen) atoms. The number of halogens is 1. The van der Waals surface area contributed by atoms with Gasteiger partial charge in [-0.3, -0.25) is 9.59 Å². The van der Waals surface area contributed by atoms with Crippen LogP contribution in [0.5, 0.6) is 0 Å². The fourth-order valence-electron chi connectivity index (χ4n) is 1.76. The number of hydrogen-bond acceptors (Lipinski definition) is 4. The van der Waals surface area contributed by atoms with Crippen LogP contribution in [-0.4, -0.2) is 46.5 Å². The van der Waals surface area contributed by atoms with E-state index in [1.807, 2.05) is 0 Å². The molecule has 7 heteroatoms. The molecule has 0 aliphatic carbocycles. The highest BCUT2D eigenvalue weighted by Crippen LogP contribution is 2.07. The van der Waals surface area contributed by atoms with Crippen LogP contribution in [0.3, 0.4) is 0 Å². The summed E-state index contributed by atoms with van der Waals surface area (Å²) >= 11 is 5.56. The summed E-state index contributed by atoms with van der Waals surface area (Å²) in [6, 6.07) is 2.94. The molecule has 1 N–H and O–H groups in total. The molecule has 1 aromatic heterocycles. The van der Waals surface area contributed by atoms with Gasteiger partial charge < -0.3 is 10.2 Å². The van der Waals surface area contributed by atoms with E-state index >= 15 is 0 Å². The molecule has 0 bridgehead atoms. The number of nitrogens with one attached hydrogen (secondary N) is 1. The minimum Gasteiger partial charge on any atom is -0.342 e. The average molecular weight is 269 g/mol. The summed E-state index contributed by atoms with van der Waals surface area (Å²) in [6.07, 6.45) is 2.06. The number of hydrogen-bond donors (Lipinski definition) is 1. The molecule has 1 saturated heterocycles. The lowest BCUT2D eigenvalue weighted by atomic mass is 10.3.